The van der Waals surface area contributed by atoms with Crippen molar-refractivity contribution in [3.05, 3.63) is 59.8 Å². The zero-order chi connectivity index (χ0) is 15.5. The van der Waals surface area contributed by atoms with Gasteiger partial charge >= 0.3 is 0 Å². The van der Waals surface area contributed by atoms with Gasteiger partial charge in [0.05, 0.1) is 12.0 Å². The number of nitrogens with one attached hydrogen (secondary N) is 1. The van der Waals surface area contributed by atoms with Crippen LogP contribution in [-0.2, 0) is 21.4 Å². The van der Waals surface area contributed by atoms with Crippen LogP contribution in [0.1, 0.15) is 18.2 Å². The minimum Gasteiger partial charge on any atom is -0.466 e. The van der Waals surface area contributed by atoms with Gasteiger partial charge in [-0.15, -0.1) is 0 Å². The first-order valence-electron chi connectivity index (χ1n) is 6.27. The van der Waals surface area contributed by atoms with Crippen molar-refractivity contribution in [2.45, 2.75) is 18.3 Å². The van der Waals surface area contributed by atoms with Crippen molar-refractivity contribution in [1.82, 2.24) is 4.72 Å². The van der Waals surface area contributed by atoms with Crippen molar-refractivity contribution in [1.29, 1.82) is 0 Å². The van der Waals surface area contributed by atoms with E-state index < -0.39 is 21.4 Å². The number of halogens is 1. The van der Waals surface area contributed by atoms with E-state index in [9.17, 15) is 17.9 Å². The van der Waals surface area contributed by atoms with Crippen LogP contribution in [0.15, 0.2) is 47.1 Å². The zero-order valence-corrected chi connectivity index (χ0v) is 12.2. The van der Waals surface area contributed by atoms with Gasteiger partial charge in [-0.1, -0.05) is 12.1 Å². The summed E-state index contributed by atoms with van der Waals surface area (Å²) >= 11 is 0. The van der Waals surface area contributed by atoms with Crippen LogP contribution in [0.4, 0.5) is 4.39 Å². The molecule has 0 spiro atoms. The van der Waals surface area contributed by atoms with E-state index in [0.29, 0.717) is 5.56 Å². The van der Waals surface area contributed by atoms with Gasteiger partial charge in [0.1, 0.15) is 17.2 Å². The van der Waals surface area contributed by atoms with E-state index in [1.807, 2.05) is 0 Å². The Hall–Kier alpha value is -1.70. The van der Waals surface area contributed by atoms with Gasteiger partial charge in [-0.3, -0.25) is 0 Å². The fourth-order valence-electron chi connectivity index (χ4n) is 1.77. The molecule has 1 heterocycles. The maximum atomic E-state index is 12.8. The van der Waals surface area contributed by atoms with Crippen molar-refractivity contribution in [2.75, 3.05) is 6.54 Å². The molecule has 1 atom stereocenters. The third-order valence-electron chi connectivity index (χ3n) is 2.96. The summed E-state index contributed by atoms with van der Waals surface area (Å²) < 4.78 is 44.1. The quantitative estimate of drug-likeness (QED) is 0.851. The largest absolute Gasteiger partial charge is 0.466 e. The van der Waals surface area contributed by atoms with E-state index in [0.717, 1.165) is 0 Å². The molecule has 0 bridgehead atoms. The average Bonchev–Trinajstić information content (AvgIpc) is 2.94. The topological polar surface area (TPSA) is 79.5 Å². The molecule has 2 aromatic rings. The first-order valence-corrected chi connectivity index (χ1v) is 7.92. The molecule has 0 aliphatic heterocycles. The van der Waals surface area contributed by atoms with Crippen LogP contribution in [0, 0.1) is 5.82 Å². The first-order chi connectivity index (χ1) is 9.78. The number of furan rings is 1. The molecule has 0 fully saturated rings. The van der Waals surface area contributed by atoms with Crippen LogP contribution in [-0.4, -0.2) is 20.1 Å². The first kappa shape index (κ1) is 15.7. The monoisotopic (exact) mass is 313 g/mol. The number of rotatable bonds is 6. The van der Waals surface area contributed by atoms with Crippen molar-refractivity contribution in [3.63, 3.8) is 0 Å². The maximum Gasteiger partial charge on any atom is 0.215 e. The SMILES string of the molecule is CC(O)(CNS(=O)(=O)Cc1ccc(F)cc1)c1ccco1. The van der Waals surface area contributed by atoms with E-state index in [1.165, 1.54) is 37.5 Å². The predicted octanol–water partition coefficient (Wildman–Crippen LogP) is 1.75. The summed E-state index contributed by atoms with van der Waals surface area (Å²) in [7, 11) is -3.65. The van der Waals surface area contributed by atoms with Crippen LogP contribution in [0.25, 0.3) is 0 Å². The Morgan fingerprint density at radius 3 is 2.52 bits per heavy atom. The highest BCUT2D eigenvalue weighted by atomic mass is 32.2. The zero-order valence-electron chi connectivity index (χ0n) is 11.4. The molecular weight excluding hydrogens is 297 g/mol. The van der Waals surface area contributed by atoms with Crippen LogP contribution in [0.3, 0.4) is 0 Å². The van der Waals surface area contributed by atoms with E-state index in [-0.39, 0.29) is 18.1 Å². The minimum atomic E-state index is -3.65. The van der Waals surface area contributed by atoms with Crippen molar-refractivity contribution >= 4 is 10.0 Å². The predicted molar refractivity (Wildman–Crippen MR) is 75.3 cm³/mol. The molecule has 1 aromatic carbocycles. The Morgan fingerprint density at radius 1 is 1.29 bits per heavy atom. The molecule has 5 nitrogen and oxygen atoms in total. The number of sulfonamides is 1. The molecular formula is C14H16FNO4S. The van der Waals surface area contributed by atoms with Gasteiger partial charge in [0, 0.05) is 6.54 Å². The Morgan fingerprint density at radius 2 is 1.95 bits per heavy atom. The Balaban J connectivity index is 2.00. The summed E-state index contributed by atoms with van der Waals surface area (Å²) in [5, 5.41) is 10.2. The van der Waals surface area contributed by atoms with Crippen molar-refractivity contribution in [2.24, 2.45) is 0 Å². The second-order valence-corrected chi connectivity index (χ2v) is 6.76. The van der Waals surface area contributed by atoms with Crippen molar-refractivity contribution < 1.29 is 22.3 Å². The second kappa shape index (κ2) is 5.97. The Kier molecular flexibility index (Phi) is 4.46. The molecule has 114 valence electrons. The van der Waals surface area contributed by atoms with Crippen molar-refractivity contribution in [3.8, 4) is 0 Å². The lowest BCUT2D eigenvalue weighted by atomic mass is 10.1. The van der Waals surface area contributed by atoms with Crippen LogP contribution >= 0.6 is 0 Å². The second-order valence-electron chi connectivity index (χ2n) is 4.96. The molecule has 1 aromatic heterocycles. The lowest BCUT2D eigenvalue weighted by Crippen LogP contribution is -2.38. The molecule has 0 amide bonds. The number of benzene rings is 1. The van der Waals surface area contributed by atoms with Gasteiger partial charge in [0.15, 0.2) is 0 Å². The number of aliphatic hydroxyl groups is 1. The average molecular weight is 313 g/mol. The summed E-state index contributed by atoms with van der Waals surface area (Å²) in [5.41, 5.74) is -0.985. The number of hydrogen-bond donors (Lipinski definition) is 2. The van der Waals surface area contributed by atoms with Gasteiger partial charge < -0.3 is 9.52 Å². The van der Waals surface area contributed by atoms with Crippen LogP contribution in [0.5, 0.6) is 0 Å². The Labute approximate surface area is 122 Å². The molecule has 0 aliphatic carbocycles. The normalized spacial score (nSPS) is 14.8. The summed E-state index contributed by atoms with van der Waals surface area (Å²) in [6.45, 7) is 1.23. The molecule has 0 aliphatic rings. The molecule has 0 radical (unpaired) electrons. The van der Waals surface area contributed by atoms with E-state index in [4.69, 9.17) is 4.42 Å². The van der Waals surface area contributed by atoms with Crippen LogP contribution < -0.4 is 4.72 Å². The number of hydrogen-bond acceptors (Lipinski definition) is 4. The van der Waals surface area contributed by atoms with Gasteiger partial charge in [-0.05, 0) is 36.8 Å². The standard InChI is InChI=1S/C14H16FNO4S/c1-14(17,13-3-2-8-20-13)10-16-21(18,19)9-11-4-6-12(15)7-5-11/h2-8,16-17H,9-10H2,1H3. The van der Waals surface area contributed by atoms with E-state index >= 15 is 0 Å². The highest BCUT2D eigenvalue weighted by Crippen LogP contribution is 2.20. The highest BCUT2D eigenvalue weighted by molar-refractivity contribution is 7.88. The van der Waals surface area contributed by atoms with Crippen LogP contribution in [0.2, 0.25) is 0 Å². The summed E-state index contributed by atoms with van der Waals surface area (Å²) in [6.07, 6.45) is 1.40. The van der Waals surface area contributed by atoms with E-state index in [1.54, 1.807) is 12.1 Å². The third kappa shape index (κ3) is 4.38. The van der Waals surface area contributed by atoms with Gasteiger partial charge in [-0.2, -0.15) is 0 Å². The minimum absolute atomic E-state index is 0.218. The van der Waals surface area contributed by atoms with Gasteiger partial charge in [0.2, 0.25) is 10.0 Å². The molecule has 2 N–H and O–H groups in total. The summed E-state index contributed by atoms with van der Waals surface area (Å²) in [5.74, 6) is -0.446. The lowest BCUT2D eigenvalue weighted by molar-refractivity contribution is 0.0395. The highest BCUT2D eigenvalue weighted by Gasteiger charge is 2.28. The maximum absolute atomic E-state index is 12.8. The molecule has 0 saturated carbocycles. The molecule has 2 rings (SSSR count). The van der Waals surface area contributed by atoms with Gasteiger partial charge in [-0.25, -0.2) is 17.5 Å². The summed E-state index contributed by atoms with van der Waals surface area (Å²) in [4.78, 5) is 0. The fourth-order valence-corrected chi connectivity index (χ4v) is 3.01. The molecule has 0 saturated heterocycles. The Bertz CT molecular complexity index is 678. The smallest absolute Gasteiger partial charge is 0.215 e. The lowest BCUT2D eigenvalue weighted by Gasteiger charge is -2.21. The van der Waals surface area contributed by atoms with E-state index in [2.05, 4.69) is 4.72 Å². The van der Waals surface area contributed by atoms with Gasteiger partial charge in [0.25, 0.3) is 0 Å². The molecule has 21 heavy (non-hydrogen) atoms. The summed E-state index contributed by atoms with van der Waals surface area (Å²) in [6, 6.07) is 8.37. The third-order valence-corrected chi connectivity index (χ3v) is 4.26. The fraction of sp³-hybridized carbons (Fsp3) is 0.286. The molecule has 7 heteroatoms. The molecule has 1 unspecified atom stereocenters.